The van der Waals surface area contributed by atoms with Crippen LogP contribution in [0.15, 0.2) is 53.4 Å². The summed E-state index contributed by atoms with van der Waals surface area (Å²) in [7, 11) is -4.47. The first kappa shape index (κ1) is 20.7. The van der Waals surface area contributed by atoms with E-state index in [0.717, 1.165) is 5.39 Å². The molecule has 2 aromatic rings. The molecule has 0 bridgehead atoms. The molecule has 0 saturated heterocycles. The quantitative estimate of drug-likeness (QED) is 0.222. The summed E-state index contributed by atoms with van der Waals surface area (Å²) in [5.41, 5.74) is 0.319. The molecule has 0 fully saturated rings. The van der Waals surface area contributed by atoms with E-state index in [1.807, 2.05) is 0 Å². The van der Waals surface area contributed by atoms with Crippen LogP contribution in [0.3, 0.4) is 0 Å². The van der Waals surface area contributed by atoms with Gasteiger partial charge in [-0.1, -0.05) is 18.7 Å². The van der Waals surface area contributed by atoms with Crippen molar-refractivity contribution in [2.75, 3.05) is 13.2 Å². The smallest absolute Gasteiger partial charge is 0.744 e. The summed E-state index contributed by atoms with van der Waals surface area (Å²) in [6.45, 7) is 5.30. The first-order valence-electron chi connectivity index (χ1n) is 6.72. The Kier molecular flexibility index (Phi) is 7.44. The van der Waals surface area contributed by atoms with Gasteiger partial charge in [0.2, 0.25) is 0 Å². The zero-order valence-electron chi connectivity index (χ0n) is 13.4. The molecule has 2 rings (SSSR count). The number of carbonyl (C=O) groups excluding carboxylic acids is 1. The molecule has 0 spiro atoms. The first-order valence-corrected chi connectivity index (χ1v) is 8.13. The Bertz CT molecular complexity index is 860. The molecule has 0 N–H and O–H groups in total. The number of rotatable bonds is 6. The average molecular weight is 358 g/mol. The Balaban J connectivity index is 0.00000288. The monoisotopic (exact) mass is 358 g/mol. The fraction of sp³-hybridized carbons (Fsp3) is 0.188. The maximum absolute atomic E-state index is 11.2. The van der Waals surface area contributed by atoms with E-state index in [9.17, 15) is 17.8 Å². The molecule has 0 saturated carbocycles. The summed E-state index contributed by atoms with van der Waals surface area (Å²) in [4.78, 5) is 10.9. The molecule has 0 aliphatic heterocycles. The minimum absolute atomic E-state index is 0. The predicted octanol–water partition coefficient (Wildman–Crippen LogP) is -0.754. The molecule has 24 heavy (non-hydrogen) atoms. The largest absolute Gasteiger partial charge is 1.00 e. The summed E-state index contributed by atoms with van der Waals surface area (Å²) in [5.74, 6) is 0.0695. The summed E-state index contributed by atoms with van der Waals surface area (Å²) >= 11 is 0. The normalized spacial score (nSPS) is 10.8. The Hall–Kier alpha value is -1.38. The fourth-order valence-electron chi connectivity index (χ4n) is 1.86. The van der Waals surface area contributed by atoms with Crippen LogP contribution < -0.4 is 34.3 Å². The molecule has 0 aromatic heterocycles. The number of ether oxygens (including phenoxy) is 2. The van der Waals surface area contributed by atoms with Crippen LogP contribution in [-0.4, -0.2) is 32.2 Å². The number of esters is 1. The van der Waals surface area contributed by atoms with Crippen molar-refractivity contribution >= 4 is 26.9 Å². The standard InChI is InChI=1S/C16H16O6S.Na/c1-11(2)16(17)22-8-7-21-14-5-3-13-10-15(23(18,19)20)6-4-12(13)9-14;/h3-6,9-10H,1,7-8H2,2H3,(H,18,19,20);/q;+1/p-1. The van der Waals surface area contributed by atoms with Crippen LogP contribution in [0.4, 0.5) is 0 Å². The van der Waals surface area contributed by atoms with Gasteiger partial charge in [-0.2, -0.15) is 0 Å². The summed E-state index contributed by atoms with van der Waals surface area (Å²) in [6, 6.07) is 9.10. The summed E-state index contributed by atoms with van der Waals surface area (Å²) in [5, 5.41) is 1.34. The van der Waals surface area contributed by atoms with Gasteiger partial charge in [0.25, 0.3) is 0 Å². The van der Waals surface area contributed by atoms with Crippen molar-refractivity contribution in [3.8, 4) is 5.75 Å². The number of benzene rings is 2. The SMILES string of the molecule is C=C(C)C(=O)OCCOc1ccc2cc(S(=O)(=O)[O-])ccc2c1.[Na+]. The summed E-state index contributed by atoms with van der Waals surface area (Å²) in [6.07, 6.45) is 0. The zero-order chi connectivity index (χ0) is 17.0. The van der Waals surface area contributed by atoms with Gasteiger partial charge in [-0.3, -0.25) is 0 Å². The molecule has 0 unspecified atom stereocenters. The second kappa shape index (κ2) is 8.64. The van der Waals surface area contributed by atoms with Crippen molar-refractivity contribution in [3.05, 3.63) is 48.6 Å². The minimum Gasteiger partial charge on any atom is -0.744 e. The van der Waals surface area contributed by atoms with Gasteiger partial charge in [0, 0.05) is 5.57 Å². The van der Waals surface area contributed by atoms with Crippen LogP contribution in [0.2, 0.25) is 0 Å². The number of hydrogen-bond donors (Lipinski definition) is 0. The molecular formula is C16H15NaO6S. The third kappa shape index (κ3) is 5.61. The van der Waals surface area contributed by atoms with E-state index in [-0.39, 0.29) is 47.7 Å². The van der Waals surface area contributed by atoms with Gasteiger partial charge in [0.05, 0.1) is 4.90 Å². The molecule has 0 atom stereocenters. The van der Waals surface area contributed by atoms with Crippen LogP contribution in [-0.2, 0) is 19.6 Å². The molecule has 8 heteroatoms. The van der Waals surface area contributed by atoms with Crippen molar-refractivity contribution in [1.82, 2.24) is 0 Å². The minimum atomic E-state index is -4.47. The number of hydrogen-bond acceptors (Lipinski definition) is 6. The Morgan fingerprint density at radius 1 is 1.12 bits per heavy atom. The Morgan fingerprint density at radius 3 is 2.38 bits per heavy atom. The van der Waals surface area contributed by atoms with E-state index in [1.165, 1.54) is 18.2 Å². The van der Waals surface area contributed by atoms with E-state index >= 15 is 0 Å². The molecular weight excluding hydrogens is 343 g/mol. The molecule has 0 amide bonds. The van der Waals surface area contributed by atoms with Gasteiger partial charge in [0.1, 0.15) is 29.1 Å². The second-order valence-corrected chi connectivity index (χ2v) is 6.27. The van der Waals surface area contributed by atoms with Crippen LogP contribution in [0.5, 0.6) is 5.75 Å². The van der Waals surface area contributed by atoms with Crippen molar-refractivity contribution in [2.45, 2.75) is 11.8 Å². The molecule has 6 nitrogen and oxygen atoms in total. The Morgan fingerprint density at radius 2 is 1.75 bits per heavy atom. The zero-order valence-corrected chi connectivity index (χ0v) is 16.3. The van der Waals surface area contributed by atoms with Gasteiger partial charge in [-0.25, -0.2) is 13.2 Å². The van der Waals surface area contributed by atoms with Gasteiger partial charge in [-0.05, 0) is 42.0 Å². The van der Waals surface area contributed by atoms with Crippen LogP contribution in [0.1, 0.15) is 6.92 Å². The third-order valence-electron chi connectivity index (χ3n) is 3.01. The van der Waals surface area contributed by atoms with Gasteiger partial charge in [0.15, 0.2) is 0 Å². The molecule has 0 radical (unpaired) electrons. The molecule has 122 valence electrons. The van der Waals surface area contributed by atoms with Crippen molar-refractivity contribution in [2.24, 2.45) is 0 Å². The van der Waals surface area contributed by atoms with E-state index in [1.54, 1.807) is 25.1 Å². The predicted molar refractivity (Wildman–Crippen MR) is 83.2 cm³/mol. The maximum Gasteiger partial charge on any atom is 1.00 e. The Labute approximate surface area is 162 Å². The molecule has 0 aliphatic rings. The van der Waals surface area contributed by atoms with Gasteiger partial charge in [-0.15, -0.1) is 0 Å². The van der Waals surface area contributed by atoms with Crippen LogP contribution in [0, 0.1) is 0 Å². The summed E-state index contributed by atoms with van der Waals surface area (Å²) < 4.78 is 43.3. The van der Waals surface area contributed by atoms with Crippen LogP contribution in [0.25, 0.3) is 10.8 Å². The fourth-order valence-corrected chi connectivity index (χ4v) is 2.37. The van der Waals surface area contributed by atoms with Crippen molar-refractivity contribution in [3.63, 3.8) is 0 Å². The van der Waals surface area contributed by atoms with E-state index < -0.39 is 16.1 Å². The van der Waals surface area contributed by atoms with E-state index in [0.29, 0.717) is 16.7 Å². The topological polar surface area (TPSA) is 92.7 Å². The van der Waals surface area contributed by atoms with Gasteiger partial charge < -0.3 is 14.0 Å². The number of fused-ring (bicyclic) bond motifs is 1. The maximum atomic E-state index is 11.2. The van der Waals surface area contributed by atoms with Crippen molar-refractivity contribution < 1.29 is 56.8 Å². The average Bonchev–Trinajstić information content (AvgIpc) is 2.49. The third-order valence-corrected chi connectivity index (χ3v) is 3.84. The van der Waals surface area contributed by atoms with E-state index in [2.05, 4.69) is 6.58 Å². The van der Waals surface area contributed by atoms with E-state index in [4.69, 9.17) is 9.47 Å². The first-order chi connectivity index (χ1) is 10.8. The number of carbonyl (C=O) groups is 1. The second-order valence-electron chi connectivity index (χ2n) is 4.89. The van der Waals surface area contributed by atoms with Crippen molar-refractivity contribution in [1.29, 1.82) is 0 Å². The molecule has 0 heterocycles. The van der Waals surface area contributed by atoms with Gasteiger partial charge >= 0.3 is 35.5 Å². The molecule has 2 aromatic carbocycles. The van der Waals surface area contributed by atoms with Crippen LogP contribution >= 0.6 is 0 Å². The molecule has 0 aliphatic carbocycles.